The van der Waals surface area contributed by atoms with Gasteiger partial charge < -0.3 is 0 Å². The molecule has 0 spiro atoms. The second-order valence-electron chi connectivity index (χ2n) is 5.08. The van der Waals surface area contributed by atoms with Crippen molar-refractivity contribution in [2.24, 2.45) is 0 Å². The number of thiazole rings is 1. The molecule has 0 saturated carbocycles. The van der Waals surface area contributed by atoms with Crippen LogP contribution in [-0.4, -0.2) is 14.6 Å². The Hall–Kier alpha value is -1.83. The van der Waals surface area contributed by atoms with Crippen LogP contribution in [0.15, 0.2) is 62.3 Å². The number of fused-ring (bicyclic) bond motifs is 1. The molecule has 0 fully saturated rings. The third-order valence-electron chi connectivity index (χ3n) is 3.44. The first kappa shape index (κ1) is 15.7. The summed E-state index contributed by atoms with van der Waals surface area (Å²) in [4.78, 5) is 17.6. The smallest absolute Gasteiger partial charge is 0.266 e. The van der Waals surface area contributed by atoms with E-state index in [-0.39, 0.29) is 5.56 Å². The first-order valence-electron chi connectivity index (χ1n) is 7.03. The van der Waals surface area contributed by atoms with E-state index < -0.39 is 0 Å². The first-order chi connectivity index (χ1) is 11.6. The van der Waals surface area contributed by atoms with E-state index in [0.29, 0.717) is 15.3 Å². The summed E-state index contributed by atoms with van der Waals surface area (Å²) in [7, 11) is 0. The van der Waals surface area contributed by atoms with E-state index in [0.717, 1.165) is 20.1 Å². The fourth-order valence-corrected chi connectivity index (χ4v) is 4.12. The summed E-state index contributed by atoms with van der Waals surface area (Å²) in [6.07, 6.45) is 1.85. The van der Waals surface area contributed by atoms with Crippen molar-refractivity contribution in [1.29, 1.82) is 0 Å². The Labute approximate surface area is 157 Å². The number of benzene rings is 2. The second kappa shape index (κ2) is 6.23. The lowest BCUT2D eigenvalue weighted by atomic mass is 10.2. The van der Waals surface area contributed by atoms with Gasteiger partial charge in [0, 0.05) is 14.5 Å². The average Bonchev–Trinajstić information content (AvgIpc) is 3.08. The van der Waals surface area contributed by atoms with Crippen molar-refractivity contribution < 1.29 is 0 Å². The molecule has 7 heteroatoms. The predicted octanol–water partition coefficient (Wildman–Crippen LogP) is 3.89. The highest BCUT2D eigenvalue weighted by Gasteiger charge is 2.13. The number of hydrogen-bond donors (Lipinski definition) is 0. The van der Waals surface area contributed by atoms with Crippen molar-refractivity contribution in [3.8, 4) is 11.4 Å². The normalized spacial score (nSPS) is 12.2. The molecule has 24 heavy (non-hydrogen) atoms. The molecular formula is C17H9Br2N3OS. The van der Waals surface area contributed by atoms with Crippen LogP contribution in [-0.2, 0) is 0 Å². The fourth-order valence-electron chi connectivity index (χ4n) is 2.34. The van der Waals surface area contributed by atoms with Crippen LogP contribution in [0, 0.1) is 0 Å². The summed E-state index contributed by atoms with van der Waals surface area (Å²) in [5, 5.41) is 4.37. The van der Waals surface area contributed by atoms with Crippen LogP contribution in [0.2, 0.25) is 0 Å². The van der Waals surface area contributed by atoms with Gasteiger partial charge in [0.05, 0.1) is 4.53 Å². The molecule has 118 valence electrons. The van der Waals surface area contributed by atoms with Crippen LogP contribution >= 0.6 is 43.2 Å². The van der Waals surface area contributed by atoms with E-state index in [9.17, 15) is 4.79 Å². The number of nitrogens with zero attached hydrogens (tertiary/aromatic N) is 3. The Balaban J connectivity index is 1.85. The molecule has 2 heterocycles. The predicted molar refractivity (Wildman–Crippen MR) is 103 cm³/mol. The molecule has 4 aromatic rings. The van der Waals surface area contributed by atoms with Crippen LogP contribution in [0.25, 0.3) is 22.4 Å². The van der Waals surface area contributed by atoms with Crippen molar-refractivity contribution in [2.75, 3.05) is 0 Å². The minimum Gasteiger partial charge on any atom is -0.266 e. The Morgan fingerprint density at radius 2 is 1.92 bits per heavy atom. The molecule has 0 aliphatic heterocycles. The van der Waals surface area contributed by atoms with E-state index in [1.807, 2.05) is 54.6 Å². The minimum absolute atomic E-state index is 0.152. The number of aromatic nitrogens is 3. The maximum absolute atomic E-state index is 12.6. The average molecular weight is 463 g/mol. The summed E-state index contributed by atoms with van der Waals surface area (Å²) in [5.41, 5.74) is 1.67. The van der Waals surface area contributed by atoms with Crippen molar-refractivity contribution in [2.45, 2.75) is 0 Å². The molecule has 0 radical (unpaired) electrons. The Bertz CT molecular complexity index is 1170. The van der Waals surface area contributed by atoms with E-state index in [1.165, 1.54) is 15.9 Å². The van der Waals surface area contributed by atoms with Gasteiger partial charge in [0.25, 0.3) is 5.56 Å². The molecule has 0 aliphatic rings. The number of hydrogen-bond acceptors (Lipinski definition) is 4. The van der Waals surface area contributed by atoms with Crippen molar-refractivity contribution in [3.05, 3.63) is 77.9 Å². The lowest BCUT2D eigenvalue weighted by molar-refractivity contribution is 0.936. The van der Waals surface area contributed by atoms with E-state index in [2.05, 4.69) is 41.9 Å². The Morgan fingerprint density at radius 1 is 1.08 bits per heavy atom. The van der Waals surface area contributed by atoms with Gasteiger partial charge in [-0.05, 0) is 35.9 Å². The van der Waals surface area contributed by atoms with Crippen molar-refractivity contribution in [3.63, 3.8) is 0 Å². The molecule has 0 aliphatic carbocycles. The van der Waals surface area contributed by atoms with Crippen LogP contribution in [0.4, 0.5) is 0 Å². The van der Waals surface area contributed by atoms with Gasteiger partial charge in [0.15, 0.2) is 5.82 Å². The molecule has 0 saturated heterocycles. The maximum Gasteiger partial charge on any atom is 0.291 e. The monoisotopic (exact) mass is 461 g/mol. The van der Waals surface area contributed by atoms with Gasteiger partial charge >= 0.3 is 0 Å². The second-order valence-corrected chi connectivity index (χ2v) is 7.86. The summed E-state index contributed by atoms with van der Waals surface area (Å²) in [5.74, 6) is 0.542. The molecule has 2 aromatic carbocycles. The van der Waals surface area contributed by atoms with Crippen molar-refractivity contribution >= 4 is 54.2 Å². The first-order valence-corrected chi connectivity index (χ1v) is 9.44. The summed E-state index contributed by atoms with van der Waals surface area (Å²) < 4.78 is 3.85. The molecule has 2 aromatic heterocycles. The van der Waals surface area contributed by atoms with Crippen molar-refractivity contribution in [1.82, 2.24) is 14.6 Å². The quantitative estimate of drug-likeness (QED) is 0.454. The fraction of sp³-hybridized carbons (Fsp3) is 0. The molecule has 4 nitrogen and oxygen atoms in total. The largest absolute Gasteiger partial charge is 0.291 e. The van der Waals surface area contributed by atoms with E-state index >= 15 is 0 Å². The molecule has 0 N–H and O–H groups in total. The van der Waals surface area contributed by atoms with Gasteiger partial charge in [-0.15, -0.1) is 5.10 Å². The highest BCUT2D eigenvalue weighted by atomic mass is 79.9. The van der Waals surface area contributed by atoms with Gasteiger partial charge in [-0.25, -0.2) is 0 Å². The topological polar surface area (TPSA) is 47.3 Å². The third kappa shape index (κ3) is 2.83. The minimum atomic E-state index is -0.152. The zero-order chi connectivity index (χ0) is 16.7. The number of rotatable bonds is 2. The van der Waals surface area contributed by atoms with Crippen LogP contribution in [0.5, 0.6) is 0 Å². The number of halogens is 2. The summed E-state index contributed by atoms with van der Waals surface area (Å²) >= 11 is 8.26. The lowest BCUT2D eigenvalue weighted by Crippen LogP contribution is -2.23. The Morgan fingerprint density at radius 3 is 2.67 bits per heavy atom. The summed E-state index contributed by atoms with van der Waals surface area (Å²) in [6.45, 7) is 0. The van der Waals surface area contributed by atoms with Crippen LogP contribution in [0.3, 0.4) is 0 Å². The highest BCUT2D eigenvalue weighted by molar-refractivity contribution is 9.10. The van der Waals surface area contributed by atoms with Gasteiger partial charge in [0.1, 0.15) is 0 Å². The van der Waals surface area contributed by atoms with Gasteiger partial charge in [-0.1, -0.05) is 67.5 Å². The molecule has 0 bridgehead atoms. The highest BCUT2D eigenvalue weighted by Crippen LogP contribution is 2.25. The maximum atomic E-state index is 12.6. The molecule has 0 atom stereocenters. The van der Waals surface area contributed by atoms with Gasteiger partial charge in [-0.2, -0.15) is 9.50 Å². The SMILES string of the molecule is O=c1c(=Cc2cccc(Br)c2)sc2nc(-c3ccccc3Br)nn12. The molecular weight excluding hydrogens is 454 g/mol. The third-order valence-corrected chi connectivity index (χ3v) is 5.59. The molecule has 0 amide bonds. The Kier molecular flexibility index (Phi) is 4.07. The zero-order valence-electron chi connectivity index (χ0n) is 12.1. The van der Waals surface area contributed by atoms with E-state index in [1.54, 1.807) is 0 Å². The zero-order valence-corrected chi connectivity index (χ0v) is 16.1. The molecule has 0 unspecified atom stereocenters. The van der Waals surface area contributed by atoms with E-state index in [4.69, 9.17) is 0 Å². The van der Waals surface area contributed by atoms with Crippen LogP contribution in [0.1, 0.15) is 5.56 Å². The van der Waals surface area contributed by atoms with Gasteiger partial charge in [-0.3, -0.25) is 4.79 Å². The molecule has 4 rings (SSSR count). The van der Waals surface area contributed by atoms with Crippen LogP contribution < -0.4 is 10.1 Å². The lowest BCUT2D eigenvalue weighted by Gasteiger charge is -1.97. The van der Waals surface area contributed by atoms with Gasteiger partial charge in [0.2, 0.25) is 4.96 Å². The summed E-state index contributed by atoms with van der Waals surface area (Å²) in [6, 6.07) is 15.5. The standard InChI is InChI=1S/C17H9Br2N3OS/c18-11-5-3-4-10(8-11)9-14-16(23)22-17(24-14)20-15(21-22)12-6-1-2-7-13(12)19/h1-9H.